The van der Waals surface area contributed by atoms with Crippen LogP contribution in [-0.4, -0.2) is 5.91 Å². The number of anilines is 1. The molecule has 2 aromatic carbocycles. The van der Waals surface area contributed by atoms with Crippen LogP contribution >= 0.6 is 22.6 Å². The summed E-state index contributed by atoms with van der Waals surface area (Å²) in [6, 6.07) is 11.6. The van der Waals surface area contributed by atoms with Crippen LogP contribution in [0.5, 0.6) is 0 Å². The Hall–Kier alpha value is -1.63. The van der Waals surface area contributed by atoms with E-state index < -0.39 is 5.91 Å². The van der Waals surface area contributed by atoms with Crippen molar-refractivity contribution in [2.45, 2.75) is 6.54 Å². The van der Waals surface area contributed by atoms with Crippen LogP contribution in [0.3, 0.4) is 0 Å². The molecule has 0 spiro atoms. The van der Waals surface area contributed by atoms with E-state index in [4.69, 9.17) is 5.73 Å². The van der Waals surface area contributed by atoms with E-state index in [1.165, 1.54) is 12.1 Å². The van der Waals surface area contributed by atoms with Crippen molar-refractivity contribution in [3.63, 3.8) is 0 Å². The topological polar surface area (TPSA) is 55.1 Å². The second-order valence-electron chi connectivity index (χ2n) is 4.04. The number of carbonyl (C=O) groups excluding carboxylic acids is 1. The molecule has 19 heavy (non-hydrogen) atoms. The minimum Gasteiger partial charge on any atom is -0.380 e. The predicted octanol–water partition coefficient (Wildman–Crippen LogP) is 3.14. The molecule has 0 fully saturated rings. The maximum Gasteiger partial charge on any atom is 0.248 e. The van der Waals surface area contributed by atoms with Gasteiger partial charge >= 0.3 is 0 Å². The van der Waals surface area contributed by atoms with Crippen LogP contribution in [-0.2, 0) is 6.54 Å². The molecule has 2 aromatic rings. The third-order valence-corrected chi connectivity index (χ3v) is 3.55. The Labute approximate surface area is 124 Å². The first-order chi connectivity index (χ1) is 9.06. The van der Waals surface area contributed by atoms with Gasteiger partial charge in [0.1, 0.15) is 5.82 Å². The van der Waals surface area contributed by atoms with E-state index in [1.807, 2.05) is 12.1 Å². The number of rotatable bonds is 4. The number of nitrogens with two attached hydrogens (primary N) is 1. The van der Waals surface area contributed by atoms with E-state index in [1.54, 1.807) is 18.2 Å². The molecule has 0 unspecified atom stereocenters. The van der Waals surface area contributed by atoms with Gasteiger partial charge in [-0.05, 0) is 58.5 Å². The molecule has 1 amide bonds. The maximum absolute atomic E-state index is 13.0. The van der Waals surface area contributed by atoms with Gasteiger partial charge in [0, 0.05) is 21.4 Å². The highest BCUT2D eigenvalue weighted by Crippen LogP contribution is 2.19. The average Bonchev–Trinajstić information content (AvgIpc) is 2.38. The summed E-state index contributed by atoms with van der Waals surface area (Å²) in [6.07, 6.45) is 0. The smallest absolute Gasteiger partial charge is 0.248 e. The highest BCUT2D eigenvalue weighted by molar-refractivity contribution is 14.1. The summed E-state index contributed by atoms with van der Waals surface area (Å²) in [7, 11) is 0. The van der Waals surface area contributed by atoms with Gasteiger partial charge in [-0.1, -0.05) is 12.1 Å². The summed E-state index contributed by atoms with van der Waals surface area (Å²) < 4.78 is 13.8. The quantitative estimate of drug-likeness (QED) is 0.813. The standard InChI is InChI=1S/C14H12FIN2O/c15-11-5-6-13(12(16)7-11)18-8-9-1-3-10(4-2-9)14(17)19/h1-7,18H,8H2,(H2,17,19). The van der Waals surface area contributed by atoms with Crippen molar-refractivity contribution in [2.24, 2.45) is 5.73 Å². The molecule has 0 saturated heterocycles. The van der Waals surface area contributed by atoms with Crippen LogP contribution in [0.1, 0.15) is 15.9 Å². The number of primary amides is 1. The molecule has 3 nitrogen and oxygen atoms in total. The van der Waals surface area contributed by atoms with Crippen molar-refractivity contribution in [1.29, 1.82) is 0 Å². The largest absolute Gasteiger partial charge is 0.380 e. The van der Waals surface area contributed by atoms with Gasteiger partial charge in [-0.2, -0.15) is 0 Å². The van der Waals surface area contributed by atoms with Crippen LogP contribution in [0.25, 0.3) is 0 Å². The summed E-state index contributed by atoms with van der Waals surface area (Å²) in [5, 5.41) is 3.21. The molecule has 0 aromatic heterocycles. The van der Waals surface area contributed by atoms with Crippen molar-refractivity contribution in [3.8, 4) is 0 Å². The molecule has 0 heterocycles. The van der Waals surface area contributed by atoms with Gasteiger partial charge in [-0.25, -0.2) is 4.39 Å². The summed E-state index contributed by atoms with van der Waals surface area (Å²) in [5.41, 5.74) is 7.55. The predicted molar refractivity (Wildman–Crippen MR) is 81.4 cm³/mol. The van der Waals surface area contributed by atoms with E-state index in [0.717, 1.165) is 14.8 Å². The zero-order valence-corrected chi connectivity index (χ0v) is 12.1. The van der Waals surface area contributed by atoms with Gasteiger partial charge in [-0.3, -0.25) is 4.79 Å². The number of hydrogen-bond acceptors (Lipinski definition) is 2. The lowest BCUT2D eigenvalue weighted by atomic mass is 10.1. The third kappa shape index (κ3) is 3.66. The maximum atomic E-state index is 13.0. The Balaban J connectivity index is 2.04. The Bertz CT molecular complexity index is 599. The zero-order valence-electron chi connectivity index (χ0n) is 9.99. The Morgan fingerprint density at radius 2 is 1.89 bits per heavy atom. The molecule has 0 bridgehead atoms. The van der Waals surface area contributed by atoms with Gasteiger partial charge < -0.3 is 11.1 Å². The van der Waals surface area contributed by atoms with E-state index >= 15 is 0 Å². The highest BCUT2D eigenvalue weighted by Gasteiger charge is 2.02. The third-order valence-electron chi connectivity index (χ3n) is 2.65. The second-order valence-corrected chi connectivity index (χ2v) is 5.20. The van der Waals surface area contributed by atoms with Crippen molar-refractivity contribution >= 4 is 34.2 Å². The van der Waals surface area contributed by atoms with Crippen molar-refractivity contribution in [2.75, 3.05) is 5.32 Å². The molecule has 0 aliphatic heterocycles. The number of hydrogen-bond donors (Lipinski definition) is 2. The van der Waals surface area contributed by atoms with Crippen LogP contribution < -0.4 is 11.1 Å². The number of halogens is 2. The normalized spacial score (nSPS) is 10.2. The first-order valence-corrected chi connectivity index (χ1v) is 6.72. The molecule has 0 radical (unpaired) electrons. The van der Waals surface area contributed by atoms with E-state index in [2.05, 4.69) is 27.9 Å². The summed E-state index contributed by atoms with van der Waals surface area (Å²) in [5.74, 6) is -0.687. The van der Waals surface area contributed by atoms with Gasteiger partial charge in [0.25, 0.3) is 0 Å². The minimum atomic E-state index is -0.437. The van der Waals surface area contributed by atoms with Crippen molar-refractivity contribution < 1.29 is 9.18 Å². The first kappa shape index (κ1) is 13.8. The van der Waals surface area contributed by atoms with E-state index in [9.17, 15) is 9.18 Å². The van der Waals surface area contributed by atoms with Crippen LogP contribution in [0, 0.1) is 9.39 Å². The van der Waals surface area contributed by atoms with E-state index in [0.29, 0.717) is 12.1 Å². The van der Waals surface area contributed by atoms with Crippen molar-refractivity contribution in [3.05, 3.63) is 63.0 Å². The number of benzene rings is 2. The summed E-state index contributed by atoms with van der Waals surface area (Å²) in [4.78, 5) is 10.9. The van der Waals surface area contributed by atoms with Crippen LogP contribution in [0.2, 0.25) is 0 Å². The molecular weight excluding hydrogens is 358 g/mol. The molecular formula is C14H12FIN2O. The lowest BCUT2D eigenvalue weighted by Gasteiger charge is -2.09. The summed E-state index contributed by atoms with van der Waals surface area (Å²) in [6.45, 7) is 0.598. The average molecular weight is 370 g/mol. The lowest BCUT2D eigenvalue weighted by Crippen LogP contribution is -2.10. The van der Waals surface area contributed by atoms with Gasteiger partial charge in [0.15, 0.2) is 0 Å². The van der Waals surface area contributed by atoms with Gasteiger partial charge in [0.2, 0.25) is 5.91 Å². The minimum absolute atomic E-state index is 0.249. The Morgan fingerprint density at radius 3 is 2.47 bits per heavy atom. The molecule has 2 rings (SSSR count). The lowest BCUT2D eigenvalue weighted by molar-refractivity contribution is 0.100. The molecule has 0 aliphatic rings. The van der Waals surface area contributed by atoms with Crippen molar-refractivity contribution in [1.82, 2.24) is 0 Å². The van der Waals surface area contributed by atoms with Crippen LogP contribution in [0.15, 0.2) is 42.5 Å². The fourth-order valence-corrected chi connectivity index (χ4v) is 2.28. The molecule has 0 saturated carbocycles. The first-order valence-electron chi connectivity index (χ1n) is 5.64. The zero-order chi connectivity index (χ0) is 13.8. The molecule has 0 aliphatic carbocycles. The number of amides is 1. The molecule has 0 atom stereocenters. The summed E-state index contributed by atoms with van der Waals surface area (Å²) >= 11 is 2.08. The molecule has 98 valence electrons. The Kier molecular flexibility index (Phi) is 4.36. The monoisotopic (exact) mass is 370 g/mol. The fourth-order valence-electron chi connectivity index (χ4n) is 1.62. The van der Waals surface area contributed by atoms with E-state index in [-0.39, 0.29) is 5.82 Å². The SMILES string of the molecule is NC(=O)c1ccc(CNc2ccc(F)cc2I)cc1. The highest BCUT2D eigenvalue weighted by atomic mass is 127. The fraction of sp³-hybridized carbons (Fsp3) is 0.0714. The number of nitrogens with one attached hydrogen (secondary N) is 1. The van der Waals surface area contributed by atoms with Gasteiger partial charge in [-0.15, -0.1) is 0 Å². The Morgan fingerprint density at radius 1 is 1.21 bits per heavy atom. The molecule has 5 heteroatoms. The molecule has 3 N–H and O–H groups in total. The van der Waals surface area contributed by atoms with Gasteiger partial charge in [0.05, 0.1) is 0 Å². The number of carbonyl (C=O) groups is 1. The van der Waals surface area contributed by atoms with Crippen LogP contribution in [0.4, 0.5) is 10.1 Å². The second kappa shape index (κ2) is 6.01.